The quantitative estimate of drug-likeness (QED) is 0.598. The van der Waals surface area contributed by atoms with Crippen molar-refractivity contribution in [2.24, 2.45) is 11.3 Å². The van der Waals surface area contributed by atoms with Crippen molar-refractivity contribution in [3.8, 4) is 0 Å². The second-order valence-corrected chi connectivity index (χ2v) is 5.29. The zero-order valence-corrected chi connectivity index (χ0v) is 9.35. The van der Waals surface area contributed by atoms with E-state index < -0.39 is 34.3 Å². The highest BCUT2D eigenvalue weighted by Gasteiger charge is 2.72. The first-order chi connectivity index (χ1) is 8.36. The van der Waals surface area contributed by atoms with E-state index in [2.05, 4.69) is 0 Å². The van der Waals surface area contributed by atoms with Crippen LogP contribution in [0.25, 0.3) is 0 Å². The fourth-order valence-corrected chi connectivity index (χ4v) is 2.95. The SMILES string of the molecule is O=C(c1ccc(F)cc1F)C(F)(F)C12CC(C1)C2. The van der Waals surface area contributed by atoms with Gasteiger partial charge in [0.1, 0.15) is 11.6 Å². The lowest BCUT2D eigenvalue weighted by Crippen LogP contribution is -2.64. The largest absolute Gasteiger partial charge is 0.315 e. The van der Waals surface area contributed by atoms with Crippen LogP contribution < -0.4 is 0 Å². The van der Waals surface area contributed by atoms with Gasteiger partial charge in [0, 0.05) is 11.5 Å². The Bertz CT molecular complexity index is 521. The van der Waals surface area contributed by atoms with Crippen LogP contribution in [0.2, 0.25) is 0 Å². The molecule has 1 aromatic rings. The van der Waals surface area contributed by atoms with Gasteiger partial charge in [-0.3, -0.25) is 4.79 Å². The van der Waals surface area contributed by atoms with Gasteiger partial charge in [0.2, 0.25) is 5.78 Å². The number of ketones is 1. The highest BCUT2D eigenvalue weighted by Crippen LogP contribution is 2.71. The van der Waals surface area contributed by atoms with Crippen LogP contribution in [-0.4, -0.2) is 11.7 Å². The topological polar surface area (TPSA) is 17.1 Å². The molecule has 0 atom stereocenters. The fourth-order valence-electron chi connectivity index (χ4n) is 2.95. The van der Waals surface area contributed by atoms with E-state index >= 15 is 0 Å². The monoisotopic (exact) mass is 258 g/mol. The molecule has 0 amide bonds. The molecule has 0 spiro atoms. The number of Topliss-reactive ketones (excluding diaryl/α,β-unsaturated/α-hetero) is 1. The molecule has 0 radical (unpaired) electrons. The minimum absolute atomic E-state index is 0.293. The van der Waals surface area contributed by atoms with Crippen molar-refractivity contribution in [3.05, 3.63) is 35.4 Å². The predicted molar refractivity (Wildman–Crippen MR) is 55.4 cm³/mol. The number of carbonyl (C=O) groups is 1. The second-order valence-electron chi connectivity index (χ2n) is 5.29. The minimum Gasteiger partial charge on any atom is -0.287 e. The van der Waals surface area contributed by atoms with Crippen LogP contribution in [0.5, 0.6) is 0 Å². The van der Waals surface area contributed by atoms with Crippen LogP contribution in [-0.2, 0) is 0 Å². The first kappa shape index (κ1) is 11.7. The highest BCUT2D eigenvalue weighted by atomic mass is 19.3. The maximum absolute atomic E-state index is 14.0. The molecule has 0 aromatic heterocycles. The summed E-state index contributed by atoms with van der Waals surface area (Å²) in [6.45, 7) is 0. The molecule has 4 rings (SSSR count). The van der Waals surface area contributed by atoms with Crippen LogP contribution >= 0.6 is 0 Å². The molecule has 18 heavy (non-hydrogen) atoms. The van der Waals surface area contributed by atoms with E-state index in [4.69, 9.17) is 0 Å². The molecule has 3 aliphatic rings. The summed E-state index contributed by atoms with van der Waals surface area (Å²) in [5, 5.41) is 0. The molecule has 2 bridgehead atoms. The summed E-state index contributed by atoms with van der Waals surface area (Å²) in [6.07, 6.45) is 0.984. The van der Waals surface area contributed by atoms with Crippen molar-refractivity contribution < 1.29 is 22.4 Å². The number of benzene rings is 1. The van der Waals surface area contributed by atoms with Gasteiger partial charge >= 0.3 is 5.92 Å². The molecule has 3 saturated carbocycles. The number of alkyl halides is 2. The standard InChI is InChI=1S/C13H10F4O/c14-8-1-2-9(10(15)3-8)11(18)13(16,17)12-4-7(5-12)6-12/h1-3,7H,4-6H2. The van der Waals surface area contributed by atoms with E-state index in [0.717, 1.165) is 12.1 Å². The smallest absolute Gasteiger partial charge is 0.287 e. The fraction of sp³-hybridized carbons (Fsp3) is 0.462. The molecule has 1 nitrogen and oxygen atoms in total. The normalized spacial score (nSPS) is 29.4. The van der Waals surface area contributed by atoms with Gasteiger partial charge in [0.25, 0.3) is 0 Å². The molecule has 3 fully saturated rings. The van der Waals surface area contributed by atoms with Gasteiger partial charge in [0.05, 0.1) is 5.56 Å². The van der Waals surface area contributed by atoms with Gasteiger partial charge in [-0.1, -0.05) is 0 Å². The Hall–Kier alpha value is -1.39. The van der Waals surface area contributed by atoms with Gasteiger partial charge in [-0.2, -0.15) is 8.78 Å². The van der Waals surface area contributed by atoms with E-state index in [9.17, 15) is 22.4 Å². The third-order valence-electron chi connectivity index (χ3n) is 4.17. The summed E-state index contributed by atoms with van der Waals surface area (Å²) in [7, 11) is 0. The molecule has 0 heterocycles. The van der Waals surface area contributed by atoms with Crippen molar-refractivity contribution in [3.63, 3.8) is 0 Å². The molecule has 0 unspecified atom stereocenters. The van der Waals surface area contributed by atoms with Gasteiger partial charge in [-0.15, -0.1) is 0 Å². The van der Waals surface area contributed by atoms with E-state index in [-0.39, 0.29) is 0 Å². The van der Waals surface area contributed by atoms with Crippen molar-refractivity contribution in [2.45, 2.75) is 25.2 Å². The Labute approximate surface area is 101 Å². The first-order valence-corrected chi connectivity index (χ1v) is 5.73. The molecule has 5 heteroatoms. The summed E-state index contributed by atoms with van der Waals surface area (Å²) in [4.78, 5) is 11.8. The van der Waals surface area contributed by atoms with Gasteiger partial charge in [-0.25, -0.2) is 8.78 Å². The Kier molecular flexibility index (Phi) is 2.17. The summed E-state index contributed by atoms with van der Waals surface area (Å²) in [5.41, 5.74) is -2.00. The molecule has 0 aliphatic heterocycles. The van der Waals surface area contributed by atoms with Crippen molar-refractivity contribution >= 4 is 5.78 Å². The van der Waals surface area contributed by atoms with E-state index in [0.29, 0.717) is 31.2 Å². The van der Waals surface area contributed by atoms with E-state index in [1.165, 1.54) is 0 Å². The molecule has 0 saturated heterocycles. The lowest BCUT2D eigenvalue weighted by molar-refractivity contribution is -0.237. The third kappa shape index (κ3) is 1.30. The van der Waals surface area contributed by atoms with Crippen molar-refractivity contribution in [2.75, 3.05) is 0 Å². The van der Waals surface area contributed by atoms with Crippen LogP contribution in [0.3, 0.4) is 0 Å². The van der Waals surface area contributed by atoms with Crippen LogP contribution in [0.1, 0.15) is 29.6 Å². The Morgan fingerprint density at radius 1 is 1.22 bits per heavy atom. The maximum Gasteiger partial charge on any atom is 0.315 e. The first-order valence-electron chi connectivity index (χ1n) is 5.73. The Morgan fingerprint density at radius 2 is 1.83 bits per heavy atom. The molecular weight excluding hydrogens is 248 g/mol. The van der Waals surface area contributed by atoms with E-state index in [1.54, 1.807) is 0 Å². The van der Waals surface area contributed by atoms with Gasteiger partial charge in [-0.05, 0) is 37.3 Å². The summed E-state index contributed by atoms with van der Waals surface area (Å²) >= 11 is 0. The minimum atomic E-state index is -3.56. The molecule has 96 valence electrons. The zero-order chi connectivity index (χ0) is 13.1. The summed E-state index contributed by atoms with van der Waals surface area (Å²) < 4.78 is 54.1. The van der Waals surface area contributed by atoms with Crippen molar-refractivity contribution in [1.29, 1.82) is 0 Å². The van der Waals surface area contributed by atoms with Gasteiger partial charge < -0.3 is 0 Å². The maximum atomic E-state index is 14.0. The van der Waals surface area contributed by atoms with Crippen LogP contribution in [0.4, 0.5) is 17.6 Å². The summed E-state index contributed by atoms with van der Waals surface area (Å²) in [6, 6.07) is 2.05. The average molecular weight is 258 g/mol. The predicted octanol–water partition coefficient (Wildman–Crippen LogP) is 3.58. The third-order valence-corrected chi connectivity index (χ3v) is 4.17. The van der Waals surface area contributed by atoms with Gasteiger partial charge in [0.15, 0.2) is 0 Å². The summed E-state index contributed by atoms with van der Waals surface area (Å²) in [5.74, 6) is -6.91. The molecule has 1 aromatic carbocycles. The van der Waals surface area contributed by atoms with E-state index in [1.807, 2.05) is 0 Å². The Morgan fingerprint density at radius 3 is 2.28 bits per heavy atom. The average Bonchev–Trinajstić information content (AvgIpc) is 2.10. The number of hydrogen-bond acceptors (Lipinski definition) is 1. The Balaban J connectivity index is 1.94. The number of halogens is 4. The lowest BCUT2D eigenvalue weighted by atomic mass is 9.41. The number of carbonyl (C=O) groups excluding carboxylic acids is 1. The molecule has 3 aliphatic carbocycles. The lowest BCUT2D eigenvalue weighted by Gasteiger charge is -2.63. The van der Waals surface area contributed by atoms with Crippen molar-refractivity contribution in [1.82, 2.24) is 0 Å². The zero-order valence-electron chi connectivity index (χ0n) is 9.35. The number of hydrogen-bond donors (Lipinski definition) is 0. The highest BCUT2D eigenvalue weighted by molar-refractivity contribution is 6.02. The number of rotatable bonds is 3. The van der Waals surface area contributed by atoms with Crippen LogP contribution in [0, 0.1) is 23.0 Å². The second kappa shape index (κ2) is 3.33. The molecule has 0 N–H and O–H groups in total. The molecular formula is C13H10F4O. The van der Waals surface area contributed by atoms with Crippen LogP contribution in [0.15, 0.2) is 18.2 Å².